The molecular formula is C12H15N3O. The summed E-state index contributed by atoms with van der Waals surface area (Å²) in [6.07, 6.45) is 1.68. The Balaban J connectivity index is 2.64. The van der Waals surface area contributed by atoms with Crippen molar-refractivity contribution in [3.8, 4) is 6.07 Å². The number of pyridine rings is 1. The summed E-state index contributed by atoms with van der Waals surface area (Å²) in [5, 5.41) is 11.5. The van der Waals surface area contributed by atoms with Gasteiger partial charge >= 0.3 is 0 Å². The molecule has 0 saturated heterocycles. The molecule has 4 nitrogen and oxygen atoms in total. The Labute approximate surface area is 95.3 Å². The van der Waals surface area contributed by atoms with Gasteiger partial charge < -0.3 is 5.32 Å². The molecule has 0 saturated carbocycles. The minimum Gasteiger partial charge on any atom is -0.349 e. The van der Waals surface area contributed by atoms with Gasteiger partial charge in [0.2, 0.25) is 5.91 Å². The van der Waals surface area contributed by atoms with Crippen LogP contribution in [-0.2, 0) is 11.3 Å². The zero-order valence-corrected chi connectivity index (χ0v) is 9.74. The molecule has 1 aromatic heterocycles. The first kappa shape index (κ1) is 12.2. The molecule has 0 fully saturated rings. The van der Waals surface area contributed by atoms with Crippen molar-refractivity contribution in [1.82, 2.24) is 10.3 Å². The van der Waals surface area contributed by atoms with Gasteiger partial charge in [-0.15, -0.1) is 0 Å². The lowest BCUT2D eigenvalue weighted by molar-refractivity contribution is -0.126. The van der Waals surface area contributed by atoms with Crippen molar-refractivity contribution >= 4 is 5.91 Å². The minimum atomic E-state index is -0.997. The lowest BCUT2D eigenvalue weighted by atomic mass is 9.95. The van der Waals surface area contributed by atoms with Crippen LogP contribution in [0.1, 0.15) is 25.1 Å². The second-order valence-electron chi connectivity index (χ2n) is 4.19. The summed E-state index contributed by atoms with van der Waals surface area (Å²) in [7, 11) is 0. The molecule has 4 heteroatoms. The second-order valence-corrected chi connectivity index (χ2v) is 4.19. The average molecular weight is 217 g/mol. The number of hydrogen-bond acceptors (Lipinski definition) is 3. The molecule has 0 aliphatic heterocycles. The molecule has 0 aromatic carbocycles. The summed E-state index contributed by atoms with van der Waals surface area (Å²) < 4.78 is 0. The summed E-state index contributed by atoms with van der Waals surface area (Å²) in [6, 6.07) is 5.74. The lowest BCUT2D eigenvalue weighted by Crippen LogP contribution is -2.35. The number of carbonyl (C=O) groups is 1. The zero-order valence-electron chi connectivity index (χ0n) is 9.74. The van der Waals surface area contributed by atoms with Gasteiger partial charge in [0.1, 0.15) is 5.41 Å². The summed E-state index contributed by atoms with van der Waals surface area (Å²) in [4.78, 5) is 15.8. The maximum absolute atomic E-state index is 11.6. The van der Waals surface area contributed by atoms with Gasteiger partial charge in [-0.3, -0.25) is 9.78 Å². The van der Waals surface area contributed by atoms with Crippen LogP contribution < -0.4 is 5.32 Å². The van der Waals surface area contributed by atoms with Crippen molar-refractivity contribution in [3.63, 3.8) is 0 Å². The third kappa shape index (κ3) is 2.80. The molecule has 0 bridgehead atoms. The van der Waals surface area contributed by atoms with Crippen LogP contribution in [0.3, 0.4) is 0 Å². The first-order chi connectivity index (χ1) is 7.47. The number of aromatic nitrogens is 1. The van der Waals surface area contributed by atoms with Crippen LogP contribution in [0.25, 0.3) is 0 Å². The van der Waals surface area contributed by atoms with Crippen LogP contribution in [0, 0.1) is 23.7 Å². The van der Waals surface area contributed by atoms with E-state index in [1.807, 2.05) is 25.1 Å². The highest BCUT2D eigenvalue weighted by atomic mass is 16.2. The maximum atomic E-state index is 11.6. The molecular weight excluding hydrogens is 202 g/mol. The highest BCUT2D eigenvalue weighted by molar-refractivity contribution is 5.84. The highest BCUT2D eigenvalue weighted by Gasteiger charge is 2.26. The molecule has 0 radical (unpaired) electrons. The first-order valence-corrected chi connectivity index (χ1v) is 5.07. The van der Waals surface area contributed by atoms with Gasteiger partial charge in [-0.1, -0.05) is 6.07 Å². The van der Waals surface area contributed by atoms with Crippen LogP contribution in [0.2, 0.25) is 0 Å². The van der Waals surface area contributed by atoms with Crippen LogP contribution in [0.15, 0.2) is 18.3 Å². The van der Waals surface area contributed by atoms with Crippen LogP contribution in [-0.4, -0.2) is 10.9 Å². The van der Waals surface area contributed by atoms with Crippen molar-refractivity contribution in [3.05, 3.63) is 29.6 Å². The van der Waals surface area contributed by atoms with Crippen molar-refractivity contribution in [2.75, 3.05) is 0 Å². The molecule has 16 heavy (non-hydrogen) atoms. The second kappa shape index (κ2) is 4.75. The predicted octanol–water partition coefficient (Wildman–Crippen LogP) is 1.56. The number of nitrogens with one attached hydrogen (secondary N) is 1. The highest BCUT2D eigenvalue weighted by Crippen LogP contribution is 2.13. The molecule has 84 valence electrons. The number of nitriles is 1. The quantitative estimate of drug-likeness (QED) is 0.835. The van der Waals surface area contributed by atoms with E-state index in [9.17, 15) is 4.79 Å². The fourth-order valence-electron chi connectivity index (χ4n) is 1.14. The van der Waals surface area contributed by atoms with E-state index in [-0.39, 0.29) is 5.91 Å². The summed E-state index contributed by atoms with van der Waals surface area (Å²) in [5.41, 5.74) is 0.852. The van der Waals surface area contributed by atoms with E-state index in [1.54, 1.807) is 20.0 Å². The Morgan fingerprint density at radius 1 is 1.62 bits per heavy atom. The standard InChI is InChI=1S/C12H15N3O/c1-9-5-4-6-14-10(9)7-15-11(16)12(2,3)8-13/h4-6H,7H2,1-3H3,(H,15,16). The molecule has 0 aliphatic rings. The summed E-state index contributed by atoms with van der Waals surface area (Å²) >= 11 is 0. The maximum Gasteiger partial charge on any atom is 0.240 e. The van der Waals surface area contributed by atoms with Crippen LogP contribution in [0.4, 0.5) is 0 Å². The van der Waals surface area contributed by atoms with Gasteiger partial charge in [-0.25, -0.2) is 0 Å². The molecule has 0 spiro atoms. The Kier molecular flexibility index (Phi) is 3.62. The first-order valence-electron chi connectivity index (χ1n) is 5.07. The Hall–Kier alpha value is -1.89. The third-order valence-corrected chi connectivity index (χ3v) is 2.38. The number of hydrogen-bond donors (Lipinski definition) is 1. The Bertz CT molecular complexity index is 432. The number of carbonyl (C=O) groups excluding carboxylic acids is 1. The Morgan fingerprint density at radius 3 is 2.88 bits per heavy atom. The largest absolute Gasteiger partial charge is 0.349 e. The number of aryl methyl sites for hydroxylation is 1. The number of nitrogens with zero attached hydrogens (tertiary/aromatic N) is 2. The molecule has 1 amide bonds. The smallest absolute Gasteiger partial charge is 0.240 e. The number of rotatable bonds is 3. The minimum absolute atomic E-state index is 0.278. The normalized spacial score (nSPS) is 10.6. The lowest BCUT2D eigenvalue weighted by Gasteiger charge is -2.15. The molecule has 1 N–H and O–H groups in total. The van der Waals surface area contributed by atoms with Crippen LogP contribution >= 0.6 is 0 Å². The van der Waals surface area contributed by atoms with E-state index in [0.717, 1.165) is 11.3 Å². The van der Waals surface area contributed by atoms with E-state index >= 15 is 0 Å². The number of amides is 1. The molecule has 1 heterocycles. The van der Waals surface area contributed by atoms with E-state index in [0.29, 0.717) is 6.54 Å². The monoisotopic (exact) mass is 217 g/mol. The van der Waals surface area contributed by atoms with Crippen molar-refractivity contribution in [2.24, 2.45) is 5.41 Å². The van der Waals surface area contributed by atoms with Gasteiger partial charge in [-0.05, 0) is 32.4 Å². The molecule has 1 rings (SSSR count). The Morgan fingerprint density at radius 2 is 2.31 bits per heavy atom. The average Bonchev–Trinajstić information content (AvgIpc) is 2.27. The predicted molar refractivity (Wildman–Crippen MR) is 60.2 cm³/mol. The molecule has 0 aliphatic carbocycles. The fraction of sp³-hybridized carbons (Fsp3) is 0.417. The molecule has 1 aromatic rings. The zero-order chi connectivity index (χ0) is 12.2. The van der Waals surface area contributed by atoms with Gasteiger partial charge in [0, 0.05) is 6.20 Å². The van der Waals surface area contributed by atoms with Gasteiger partial charge in [0.05, 0.1) is 18.3 Å². The summed E-state index contributed by atoms with van der Waals surface area (Å²) in [5.74, 6) is -0.278. The van der Waals surface area contributed by atoms with Gasteiger partial charge in [-0.2, -0.15) is 5.26 Å². The van der Waals surface area contributed by atoms with E-state index < -0.39 is 5.41 Å². The van der Waals surface area contributed by atoms with Gasteiger partial charge in [0.25, 0.3) is 0 Å². The van der Waals surface area contributed by atoms with E-state index in [2.05, 4.69) is 10.3 Å². The fourth-order valence-corrected chi connectivity index (χ4v) is 1.14. The van der Waals surface area contributed by atoms with Crippen LogP contribution in [0.5, 0.6) is 0 Å². The van der Waals surface area contributed by atoms with E-state index in [4.69, 9.17) is 5.26 Å². The molecule has 0 atom stereocenters. The molecule has 0 unspecified atom stereocenters. The van der Waals surface area contributed by atoms with Crippen molar-refractivity contribution < 1.29 is 4.79 Å². The topological polar surface area (TPSA) is 65.8 Å². The van der Waals surface area contributed by atoms with Crippen molar-refractivity contribution in [1.29, 1.82) is 5.26 Å². The van der Waals surface area contributed by atoms with Gasteiger partial charge in [0.15, 0.2) is 0 Å². The SMILES string of the molecule is Cc1cccnc1CNC(=O)C(C)(C)C#N. The van der Waals surface area contributed by atoms with Crippen molar-refractivity contribution in [2.45, 2.75) is 27.3 Å². The van der Waals surface area contributed by atoms with E-state index in [1.165, 1.54) is 0 Å². The summed E-state index contributed by atoms with van der Waals surface area (Å²) in [6.45, 7) is 5.47. The third-order valence-electron chi connectivity index (χ3n) is 2.38.